The third kappa shape index (κ3) is 5.04. The number of anilines is 2. The van der Waals surface area contributed by atoms with Crippen LogP contribution < -0.4 is 9.37 Å². The highest BCUT2D eigenvalue weighted by Crippen LogP contribution is 2.35. The molecule has 1 atom stereocenters. The van der Waals surface area contributed by atoms with E-state index >= 15 is 8.78 Å². The summed E-state index contributed by atoms with van der Waals surface area (Å²) in [5.74, 6) is -3.25. The Kier molecular flexibility index (Phi) is 7.52. The maximum absolute atomic E-state index is 15.4. The quantitative estimate of drug-likeness (QED) is 0.301. The fourth-order valence-electron chi connectivity index (χ4n) is 4.30. The lowest BCUT2D eigenvalue weighted by molar-refractivity contribution is -0.128. The molecule has 0 bridgehead atoms. The van der Waals surface area contributed by atoms with E-state index in [-0.39, 0.29) is 39.9 Å². The van der Waals surface area contributed by atoms with Gasteiger partial charge < -0.3 is 9.74 Å². The number of halogens is 3. The number of likely N-dealkylation sites (N-methyl/N-ethyl adjacent to an activating group) is 1. The molecular formula is C23H23F3N4O4S2. The van der Waals surface area contributed by atoms with E-state index in [1.807, 2.05) is 6.07 Å². The van der Waals surface area contributed by atoms with Gasteiger partial charge in [0.15, 0.2) is 16.5 Å². The Labute approximate surface area is 210 Å². The fraction of sp³-hybridized carbons (Fsp3) is 0.304. The van der Waals surface area contributed by atoms with Crippen molar-refractivity contribution in [2.75, 3.05) is 29.5 Å². The molecule has 0 spiro atoms. The zero-order valence-corrected chi connectivity index (χ0v) is 21.0. The number of carbonyl (C=O) groups excluding carboxylic acids is 1. The first-order valence-corrected chi connectivity index (χ1v) is 13.2. The third-order valence-electron chi connectivity index (χ3n) is 6.08. The molecule has 1 aliphatic heterocycles. The normalized spacial score (nSPS) is 16.2. The SMILES string of the molecule is Cc1c(N(C)[C@H]2CCN(Cc3cccc(F)c3)C2)cc(F)c(S(=O)(=O)N(OC=O)c2cscn2)c1F. The first-order chi connectivity index (χ1) is 17.1. The van der Waals surface area contributed by atoms with Crippen molar-refractivity contribution in [3.8, 4) is 0 Å². The summed E-state index contributed by atoms with van der Waals surface area (Å²) in [7, 11) is -3.28. The standard InChI is InChI=1S/C23H23F3N4O4S2/c1-15-20(28(2)18-6-7-29(11-18)10-16-4-3-5-17(24)8-16)9-19(25)23(22(15)26)36(32,33)30(34-14-31)21-12-35-13-27-21/h3-5,8-9,12-14,18H,6-7,10-11H2,1-2H3/t18-/m0/s1. The second-order valence-corrected chi connectivity index (χ2v) is 10.8. The van der Waals surface area contributed by atoms with Crippen molar-refractivity contribution in [3.63, 3.8) is 0 Å². The fourth-order valence-corrected chi connectivity index (χ4v) is 6.22. The average molecular weight is 541 g/mol. The maximum Gasteiger partial charge on any atom is 0.322 e. The Balaban J connectivity index is 1.59. The Bertz CT molecular complexity index is 1360. The van der Waals surface area contributed by atoms with Crippen LogP contribution in [0.25, 0.3) is 0 Å². The van der Waals surface area contributed by atoms with Gasteiger partial charge in [-0.05, 0) is 37.1 Å². The molecule has 0 N–H and O–H groups in total. The van der Waals surface area contributed by atoms with Gasteiger partial charge in [0, 0.05) is 49.4 Å². The predicted molar refractivity (Wildman–Crippen MR) is 129 cm³/mol. The monoisotopic (exact) mass is 540 g/mol. The predicted octanol–water partition coefficient (Wildman–Crippen LogP) is 3.86. The van der Waals surface area contributed by atoms with Crippen LogP contribution in [0.15, 0.2) is 46.1 Å². The molecule has 1 aliphatic rings. The Morgan fingerprint density at radius 2 is 2.06 bits per heavy atom. The van der Waals surface area contributed by atoms with Crippen LogP contribution in [0, 0.1) is 24.4 Å². The van der Waals surface area contributed by atoms with E-state index in [0.717, 1.165) is 23.0 Å². The number of thiazole rings is 1. The summed E-state index contributed by atoms with van der Waals surface area (Å²) in [6.07, 6.45) is 0.694. The molecule has 2 aromatic carbocycles. The first-order valence-electron chi connectivity index (χ1n) is 10.9. The molecule has 1 aromatic heterocycles. The lowest BCUT2D eigenvalue weighted by Crippen LogP contribution is -2.36. The van der Waals surface area contributed by atoms with Gasteiger partial charge in [0.05, 0.1) is 5.51 Å². The summed E-state index contributed by atoms with van der Waals surface area (Å²) < 4.78 is 70.4. The molecule has 1 fully saturated rings. The molecule has 2 heterocycles. The van der Waals surface area contributed by atoms with Gasteiger partial charge in [-0.2, -0.15) is 8.42 Å². The summed E-state index contributed by atoms with van der Waals surface area (Å²) in [6, 6.07) is 7.17. The number of carbonyl (C=O) groups is 1. The van der Waals surface area contributed by atoms with E-state index in [4.69, 9.17) is 0 Å². The summed E-state index contributed by atoms with van der Waals surface area (Å²) in [5.41, 5.74) is 2.22. The number of nitrogens with zero attached hydrogens (tertiary/aromatic N) is 4. The van der Waals surface area contributed by atoms with E-state index in [0.29, 0.717) is 26.1 Å². The minimum atomic E-state index is -4.96. The maximum atomic E-state index is 15.4. The zero-order chi connectivity index (χ0) is 26.0. The zero-order valence-electron chi connectivity index (χ0n) is 19.4. The molecule has 0 amide bonds. The van der Waals surface area contributed by atoms with E-state index < -0.39 is 26.6 Å². The topological polar surface area (TPSA) is 83.0 Å². The van der Waals surface area contributed by atoms with E-state index in [1.165, 1.54) is 29.9 Å². The molecular weight excluding hydrogens is 517 g/mol. The van der Waals surface area contributed by atoms with Crippen LogP contribution in [-0.2, 0) is 26.2 Å². The van der Waals surface area contributed by atoms with Gasteiger partial charge in [-0.3, -0.25) is 9.69 Å². The lowest BCUT2D eigenvalue weighted by atomic mass is 10.1. The number of benzene rings is 2. The second kappa shape index (κ2) is 10.4. The van der Waals surface area contributed by atoms with Crippen molar-refractivity contribution in [1.82, 2.24) is 9.88 Å². The molecule has 0 aliphatic carbocycles. The third-order valence-corrected chi connectivity index (χ3v) is 8.26. The van der Waals surface area contributed by atoms with Crippen molar-refractivity contribution < 1.29 is 31.2 Å². The van der Waals surface area contributed by atoms with Crippen LogP contribution in [0.1, 0.15) is 17.5 Å². The minimum Gasteiger partial charge on any atom is -0.370 e. The van der Waals surface area contributed by atoms with Gasteiger partial charge in [0.25, 0.3) is 0 Å². The largest absolute Gasteiger partial charge is 0.370 e. The molecule has 1 saturated heterocycles. The molecule has 0 saturated carbocycles. The van der Waals surface area contributed by atoms with Gasteiger partial charge in [-0.15, -0.1) is 11.3 Å². The molecule has 36 heavy (non-hydrogen) atoms. The molecule has 13 heteroatoms. The van der Waals surface area contributed by atoms with E-state index in [2.05, 4.69) is 14.7 Å². The highest BCUT2D eigenvalue weighted by molar-refractivity contribution is 7.92. The Morgan fingerprint density at radius 1 is 1.28 bits per heavy atom. The van der Waals surface area contributed by atoms with Gasteiger partial charge in [-0.1, -0.05) is 16.6 Å². The Morgan fingerprint density at radius 3 is 2.72 bits per heavy atom. The smallest absolute Gasteiger partial charge is 0.322 e. The lowest BCUT2D eigenvalue weighted by Gasteiger charge is -2.29. The minimum absolute atomic E-state index is 0.0783. The van der Waals surface area contributed by atoms with Crippen LogP contribution in [0.3, 0.4) is 0 Å². The molecule has 0 unspecified atom stereocenters. The number of hydrogen-bond donors (Lipinski definition) is 0. The molecule has 0 radical (unpaired) electrons. The molecule has 4 rings (SSSR count). The van der Waals surface area contributed by atoms with Crippen molar-refractivity contribution in [3.05, 3.63) is 69.8 Å². The van der Waals surface area contributed by atoms with Crippen LogP contribution in [0.4, 0.5) is 24.7 Å². The van der Waals surface area contributed by atoms with Crippen molar-refractivity contribution in [2.24, 2.45) is 0 Å². The number of hydrogen-bond acceptors (Lipinski definition) is 8. The molecule has 8 nitrogen and oxygen atoms in total. The average Bonchev–Trinajstić information content (AvgIpc) is 3.52. The van der Waals surface area contributed by atoms with Crippen molar-refractivity contribution in [1.29, 1.82) is 0 Å². The number of aromatic nitrogens is 1. The molecule has 3 aromatic rings. The van der Waals surface area contributed by atoms with Crippen LogP contribution in [-0.4, -0.2) is 51.0 Å². The van der Waals surface area contributed by atoms with Crippen molar-refractivity contribution >= 4 is 39.3 Å². The summed E-state index contributed by atoms with van der Waals surface area (Å²) >= 11 is 1.01. The second-order valence-electron chi connectivity index (χ2n) is 8.34. The van der Waals surface area contributed by atoms with E-state index in [9.17, 15) is 17.6 Å². The van der Waals surface area contributed by atoms with Gasteiger partial charge in [-0.25, -0.2) is 18.2 Å². The highest BCUT2D eigenvalue weighted by atomic mass is 32.2. The number of rotatable bonds is 9. The molecule has 192 valence electrons. The number of likely N-dealkylation sites (tertiary alicyclic amines) is 1. The van der Waals surface area contributed by atoms with Crippen LogP contribution in [0.2, 0.25) is 0 Å². The van der Waals surface area contributed by atoms with Crippen molar-refractivity contribution in [2.45, 2.75) is 30.8 Å². The summed E-state index contributed by atoms with van der Waals surface area (Å²) in [4.78, 5) is 21.8. The Hall–Kier alpha value is -3.16. The van der Waals surface area contributed by atoms with Gasteiger partial charge in [0.1, 0.15) is 11.6 Å². The highest BCUT2D eigenvalue weighted by Gasteiger charge is 2.37. The van der Waals surface area contributed by atoms with Crippen LogP contribution in [0.5, 0.6) is 0 Å². The van der Waals surface area contributed by atoms with E-state index in [1.54, 1.807) is 18.0 Å². The van der Waals surface area contributed by atoms with Gasteiger partial charge in [0.2, 0.25) is 0 Å². The first kappa shape index (κ1) is 25.9. The summed E-state index contributed by atoms with van der Waals surface area (Å²) in [6.45, 7) is 2.99. The van der Waals surface area contributed by atoms with Gasteiger partial charge >= 0.3 is 16.5 Å². The van der Waals surface area contributed by atoms with Crippen LogP contribution >= 0.6 is 11.3 Å². The summed E-state index contributed by atoms with van der Waals surface area (Å²) in [5, 5.41) is 1.25. The number of sulfonamides is 1.